The molecule has 0 aliphatic carbocycles. The Morgan fingerprint density at radius 1 is 1.29 bits per heavy atom. The van der Waals surface area contributed by atoms with Gasteiger partial charge in [-0.2, -0.15) is 0 Å². The molecule has 24 heavy (non-hydrogen) atoms. The highest BCUT2D eigenvalue weighted by Gasteiger charge is 2.15. The Morgan fingerprint density at radius 3 is 2.79 bits per heavy atom. The van der Waals surface area contributed by atoms with Crippen molar-refractivity contribution in [2.24, 2.45) is 0 Å². The second-order valence-corrected chi connectivity index (χ2v) is 6.19. The smallest absolute Gasteiger partial charge is 0.246 e. The van der Waals surface area contributed by atoms with Crippen molar-refractivity contribution in [3.63, 3.8) is 0 Å². The van der Waals surface area contributed by atoms with E-state index in [2.05, 4.69) is 11.9 Å². The Balaban J connectivity index is 2.10. The lowest BCUT2D eigenvalue weighted by Gasteiger charge is -2.18. The van der Waals surface area contributed by atoms with Crippen LogP contribution in [0.4, 0.5) is 0 Å². The molecule has 0 spiro atoms. The van der Waals surface area contributed by atoms with E-state index in [4.69, 9.17) is 21.1 Å². The molecule has 0 saturated carbocycles. The monoisotopic (exact) mass is 352 g/mol. The number of carbonyl (C=O) groups is 1. The van der Waals surface area contributed by atoms with Gasteiger partial charge in [0.25, 0.3) is 0 Å². The summed E-state index contributed by atoms with van der Waals surface area (Å²) in [4.78, 5) is 16.5. The van der Waals surface area contributed by atoms with Crippen LogP contribution in [-0.4, -0.2) is 62.7 Å². The standard InChI is InChI=1S/C18H25ClN2O3/c1-4-24-18-15(19)12-14(13-16(18)23-3)6-7-17(22)21-9-5-8-20(2)10-11-21/h6-7,12-13H,4-5,8-11H2,1-3H3/b7-6+. The van der Waals surface area contributed by atoms with Crippen LogP contribution in [0.1, 0.15) is 18.9 Å². The van der Waals surface area contributed by atoms with Gasteiger partial charge in [-0.05, 0) is 50.7 Å². The van der Waals surface area contributed by atoms with Crippen LogP contribution in [-0.2, 0) is 4.79 Å². The van der Waals surface area contributed by atoms with E-state index in [1.165, 1.54) is 0 Å². The van der Waals surface area contributed by atoms with Crippen molar-refractivity contribution in [3.8, 4) is 11.5 Å². The number of nitrogens with zero attached hydrogens (tertiary/aromatic N) is 2. The molecule has 0 bridgehead atoms. The minimum absolute atomic E-state index is 0.0225. The highest BCUT2D eigenvalue weighted by molar-refractivity contribution is 6.32. The van der Waals surface area contributed by atoms with Crippen molar-refractivity contribution in [1.29, 1.82) is 0 Å². The molecule has 0 aromatic heterocycles. The summed E-state index contributed by atoms with van der Waals surface area (Å²) in [6, 6.07) is 3.59. The number of hydrogen-bond donors (Lipinski definition) is 0. The summed E-state index contributed by atoms with van der Waals surface area (Å²) in [5, 5.41) is 0.472. The molecule has 1 aliphatic heterocycles. The molecule has 0 N–H and O–H groups in total. The van der Waals surface area contributed by atoms with Crippen LogP contribution in [0.5, 0.6) is 11.5 Å². The summed E-state index contributed by atoms with van der Waals surface area (Å²) in [7, 11) is 3.65. The molecule has 1 amide bonds. The van der Waals surface area contributed by atoms with Gasteiger partial charge in [0.05, 0.1) is 18.7 Å². The van der Waals surface area contributed by atoms with Gasteiger partial charge >= 0.3 is 0 Å². The van der Waals surface area contributed by atoms with Crippen LogP contribution in [0.3, 0.4) is 0 Å². The van der Waals surface area contributed by atoms with E-state index in [-0.39, 0.29) is 5.91 Å². The summed E-state index contributed by atoms with van der Waals surface area (Å²) in [6.45, 7) is 5.88. The summed E-state index contributed by atoms with van der Waals surface area (Å²) in [5.74, 6) is 1.11. The fourth-order valence-corrected chi connectivity index (χ4v) is 2.93. The molecule has 1 saturated heterocycles. The lowest BCUT2D eigenvalue weighted by atomic mass is 10.1. The van der Waals surface area contributed by atoms with E-state index >= 15 is 0 Å². The maximum atomic E-state index is 12.4. The number of carbonyl (C=O) groups excluding carboxylic acids is 1. The first-order valence-electron chi connectivity index (χ1n) is 8.21. The highest BCUT2D eigenvalue weighted by Crippen LogP contribution is 2.36. The van der Waals surface area contributed by atoms with Crippen molar-refractivity contribution >= 4 is 23.6 Å². The summed E-state index contributed by atoms with van der Waals surface area (Å²) in [6.07, 6.45) is 4.36. The third-order valence-electron chi connectivity index (χ3n) is 3.99. The normalized spacial score (nSPS) is 16.2. The molecule has 1 aliphatic rings. The number of likely N-dealkylation sites (N-methyl/N-ethyl adjacent to an activating group) is 1. The van der Waals surface area contributed by atoms with Crippen LogP contribution in [0, 0.1) is 0 Å². The Labute approximate surface area is 148 Å². The van der Waals surface area contributed by atoms with Gasteiger partial charge in [-0.1, -0.05) is 11.6 Å². The number of halogens is 1. The average Bonchev–Trinajstić information content (AvgIpc) is 2.79. The molecule has 6 heteroatoms. The molecule has 0 unspecified atom stereocenters. The fourth-order valence-electron chi connectivity index (χ4n) is 2.66. The van der Waals surface area contributed by atoms with Gasteiger partial charge in [-0.3, -0.25) is 4.79 Å². The van der Waals surface area contributed by atoms with Crippen LogP contribution in [0.25, 0.3) is 6.08 Å². The zero-order valence-corrected chi connectivity index (χ0v) is 15.3. The molecule has 1 aromatic rings. The first kappa shape index (κ1) is 18.6. The molecular weight excluding hydrogens is 328 g/mol. The first-order valence-corrected chi connectivity index (χ1v) is 8.58. The van der Waals surface area contributed by atoms with Crippen LogP contribution >= 0.6 is 11.6 Å². The molecule has 1 fully saturated rings. The van der Waals surface area contributed by atoms with Crippen molar-refractivity contribution in [2.75, 3.05) is 46.9 Å². The number of rotatable bonds is 5. The van der Waals surface area contributed by atoms with Crippen LogP contribution < -0.4 is 9.47 Å². The number of amides is 1. The molecule has 132 valence electrons. The van der Waals surface area contributed by atoms with E-state index in [0.717, 1.165) is 38.2 Å². The SMILES string of the molecule is CCOc1c(Cl)cc(/C=C/C(=O)N2CCCN(C)CC2)cc1OC. The lowest BCUT2D eigenvalue weighted by Crippen LogP contribution is -2.33. The van der Waals surface area contributed by atoms with E-state index in [1.807, 2.05) is 17.9 Å². The third-order valence-corrected chi connectivity index (χ3v) is 4.27. The zero-order valence-electron chi connectivity index (χ0n) is 14.5. The summed E-state index contributed by atoms with van der Waals surface area (Å²) in [5.41, 5.74) is 0.806. The topological polar surface area (TPSA) is 42.0 Å². The molecule has 0 atom stereocenters. The van der Waals surface area contributed by atoms with Crippen molar-refractivity contribution in [1.82, 2.24) is 9.80 Å². The Bertz CT molecular complexity index is 604. The van der Waals surface area contributed by atoms with Crippen molar-refractivity contribution < 1.29 is 14.3 Å². The maximum absolute atomic E-state index is 12.4. The van der Waals surface area contributed by atoms with Gasteiger partial charge in [0.15, 0.2) is 11.5 Å². The fraction of sp³-hybridized carbons (Fsp3) is 0.500. The highest BCUT2D eigenvalue weighted by atomic mass is 35.5. The second kappa shape index (κ2) is 8.94. The van der Waals surface area contributed by atoms with Gasteiger partial charge in [0, 0.05) is 25.7 Å². The molecule has 1 heterocycles. The predicted octanol–water partition coefficient (Wildman–Crippen LogP) is 2.92. The minimum atomic E-state index is 0.0225. The minimum Gasteiger partial charge on any atom is -0.493 e. The molecule has 5 nitrogen and oxygen atoms in total. The largest absolute Gasteiger partial charge is 0.493 e. The van der Waals surface area contributed by atoms with Gasteiger partial charge in [0.2, 0.25) is 5.91 Å². The van der Waals surface area contributed by atoms with Crippen LogP contribution in [0.15, 0.2) is 18.2 Å². The number of methoxy groups -OCH3 is 1. The van der Waals surface area contributed by atoms with Crippen molar-refractivity contribution in [3.05, 3.63) is 28.8 Å². The lowest BCUT2D eigenvalue weighted by molar-refractivity contribution is -0.125. The molecular formula is C18H25ClN2O3. The van der Waals surface area contributed by atoms with Crippen LogP contribution in [0.2, 0.25) is 5.02 Å². The Morgan fingerprint density at radius 2 is 2.08 bits per heavy atom. The molecule has 0 radical (unpaired) electrons. The second-order valence-electron chi connectivity index (χ2n) is 5.78. The summed E-state index contributed by atoms with van der Waals surface area (Å²) < 4.78 is 10.8. The van der Waals surface area contributed by atoms with Crippen molar-refractivity contribution in [2.45, 2.75) is 13.3 Å². The molecule has 2 rings (SSSR count). The maximum Gasteiger partial charge on any atom is 0.246 e. The van der Waals surface area contributed by atoms with Gasteiger partial charge in [0.1, 0.15) is 0 Å². The average molecular weight is 353 g/mol. The van der Waals surface area contributed by atoms with Gasteiger partial charge in [-0.25, -0.2) is 0 Å². The van der Waals surface area contributed by atoms with E-state index in [1.54, 1.807) is 25.3 Å². The number of benzene rings is 1. The van der Waals surface area contributed by atoms with Gasteiger partial charge < -0.3 is 19.3 Å². The van der Waals surface area contributed by atoms with E-state index < -0.39 is 0 Å². The van der Waals surface area contributed by atoms with E-state index in [9.17, 15) is 4.79 Å². The van der Waals surface area contributed by atoms with E-state index in [0.29, 0.717) is 23.1 Å². The van der Waals surface area contributed by atoms with Gasteiger partial charge in [-0.15, -0.1) is 0 Å². The first-order chi connectivity index (χ1) is 11.5. The zero-order chi connectivity index (χ0) is 17.5. The quantitative estimate of drug-likeness (QED) is 0.764. The molecule has 1 aromatic carbocycles. The Hall–Kier alpha value is -1.72. The third kappa shape index (κ3) is 4.89. The number of hydrogen-bond acceptors (Lipinski definition) is 4. The Kier molecular flexibility index (Phi) is 6.94. The summed E-state index contributed by atoms with van der Waals surface area (Å²) >= 11 is 6.25. The number of ether oxygens (including phenoxy) is 2. The predicted molar refractivity (Wildman–Crippen MR) is 96.9 cm³/mol.